The molecule has 132 valence electrons. The normalized spacial score (nSPS) is 11.2. The summed E-state index contributed by atoms with van der Waals surface area (Å²) in [5.74, 6) is 0.778. The van der Waals surface area contributed by atoms with E-state index in [1.807, 2.05) is 11.4 Å². The lowest BCUT2D eigenvalue weighted by Crippen LogP contribution is -2.04. The molecule has 0 amide bonds. The number of nitrogens with one attached hydrogen (secondary N) is 1. The minimum absolute atomic E-state index is 0.236. The summed E-state index contributed by atoms with van der Waals surface area (Å²) >= 11 is 3.90. The molecule has 0 spiro atoms. The Bertz CT molecular complexity index is 1060. The summed E-state index contributed by atoms with van der Waals surface area (Å²) in [5, 5.41) is 6.47. The molecule has 4 rings (SSSR count). The van der Waals surface area contributed by atoms with E-state index in [1.54, 1.807) is 23.5 Å². The third-order valence-corrected chi connectivity index (χ3v) is 5.58. The van der Waals surface area contributed by atoms with Gasteiger partial charge < -0.3 is 5.32 Å². The van der Waals surface area contributed by atoms with E-state index < -0.39 is 0 Å². The standard InChI is InChI=1S/C19H16FIN4S/c1-2-15-19(25-10-14(21)7-8-17(25)23-15)22-9-18-24-16(11-26-18)12-3-5-13(20)6-4-12/h3-8,10-11,22H,2,9H2,1H3. The molecule has 0 atom stereocenters. The van der Waals surface area contributed by atoms with Crippen LogP contribution < -0.4 is 5.32 Å². The van der Waals surface area contributed by atoms with Crippen molar-refractivity contribution < 1.29 is 4.39 Å². The van der Waals surface area contributed by atoms with Crippen LogP contribution in [0.3, 0.4) is 0 Å². The predicted molar refractivity (Wildman–Crippen MR) is 112 cm³/mol. The molecular formula is C19H16FIN4S. The van der Waals surface area contributed by atoms with Crippen LogP contribution in [0.25, 0.3) is 16.9 Å². The Morgan fingerprint density at radius 3 is 2.73 bits per heavy atom. The highest BCUT2D eigenvalue weighted by Gasteiger charge is 2.12. The fraction of sp³-hybridized carbons (Fsp3) is 0.158. The Kier molecular flexibility index (Phi) is 4.90. The van der Waals surface area contributed by atoms with Gasteiger partial charge in [0.2, 0.25) is 0 Å². The first-order valence-electron chi connectivity index (χ1n) is 8.24. The summed E-state index contributed by atoms with van der Waals surface area (Å²) in [6.07, 6.45) is 2.94. The fourth-order valence-corrected chi connectivity index (χ4v) is 4.01. The van der Waals surface area contributed by atoms with Crippen LogP contribution in [-0.4, -0.2) is 14.4 Å². The van der Waals surface area contributed by atoms with Gasteiger partial charge in [-0.15, -0.1) is 11.3 Å². The van der Waals surface area contributed by atoms with Crippen LogP contribution >= 0.6 is 33.9 Å². The van der Waals surface area contributed by atoms with Gasteiger partial charge in [-0.2, -0.15) is 0 Å². The van der Waals surface area contributed by atoms with Crippen LogP contribution in [-0.2, 0) is 13.0 Å². The van der Waals surface area contributed by atoms with Crippen molar-refractivity contribution in [2.45, 2.75) is 19.9 Å². The molecule has 26 heavy (non-hydrogen) atoms. The SMILES string of the molecule is CCc1nc2ccc(I)cn2c1NCc1nc(-c2ccc(F)cc2)cs1. The number of hydrogen-bond acceptors (Lipinski definition) is 4. The molecule has 0 saturated carbocycles. The highest BCUT2D eigenvalue weighted by molar-refractivity contribution is 14.1. The minimum atomic E-state index is -0.236. The maximum atomic E-state index is 13.1. The summed E-state index contributed by atoms with van der Waals surface area (Å²) in [6, 6.07) is 10.5. The van der Waals surface area contributed by atoms with E-state index >= 15 is 0 Å². The van der Waals surface area contributed by atoms with Gasteiger partial charge in [-0.1, -0.05) is 6.92 Å². The molecule has 0 aliphatic carbocycles. The number of rotatable bonds is 5. The Morgan fingerprint density at radius 2 is 1.96 bits per heavy atom. The van der Waals surface area contributed by atoms with Crippen LogP contribution in [0.4, 0.5) is 10.2 Å². The average Bonchev–Trinajstić information content (AvgIpc) is 3.24. The smallest absolute Gasteiger partial charge is 0.138 e. The lowest BCUT2D eigenvalue weighted by atomic mass is 10.2. The molecule has 0 saturated heterocycles. The van der Waals surface area contributed by atoms with Gasteiger partial charge in [-0.25, -0.2) is 14.4 Å². The molecule has 0 unspecified atom stereocenters. The van der Waals surface area contributed by atoms with E-state index in [2.05, 4.69) is 56.5 Å². The summed E-state index contributed by atoms with van der Waals surface area (Å²) < 4.78 is 16.3. The molecule has 1 N–H and O–H groups in total. The summed E-state index contributed by atoms with van der Waals surface area (Å²) in [5.41, 5.74) is 3.78. The quantitative estimate of drug-likeness (QED) is 0.392. The number of aryl methyl sites for hydroxylation is 1. The van der Waals surface area contributed by atoms with E-state index in [0.29, 0.717) is 6.54 Å². The average molecular weight is 478 g/mol. The number of anilines is 1. The van der Waals surface area contributed by atoms with E-state index in [1.165, 1.54) is 12.1 Å². The minimum Gasteiger partial charge on any atom is -0.363 e. The van der Waals surface area contributed by atoms with Gasteiger partial charge >= 0.3 is 0 Å². The Hall–Kier alpha value is -2.00. The predicted octanol–water partition coefficient (Wildman–Crippen LogP) is 5.38. The molecule has 0 bridgehead atoms. The summed E-state index contributed by atoms with van der Waals surface area (Å²) in [6.45, 7) is 2.73. The highest BCUT2D eigenvalue weighted by atomic mass is 127. The van der Waals surface area contributed by atoms with E-state index in [-0.39, 0.29) is 5.82 Å². The van der Waals surface area contributed by atoms with Crippen LogP contribution in [0.5, 0.6) is 0 Å². The van der Waals surface area contributed by atoms with Crippen molar-refractivity contribution in [2.75, 3.05) is 5.32 Å². The summed E-state index contributed by atoms with van der Waals surface area (Å²) in [7, 11) is 0. The van der Waals surface area contributed by atoms with Crippen molar-refractivity contribution in [2.24, 2.45) is 0 Å². The van der Waals surface area contributed by atoms with Gasteiger partial charge in [0.05, 0.1) is 17.9 Å². The maximum absolute atomic E-state index is 13.1. The third-order valence-electron chi connectivity index (χ3n) is 4.09. The molecule has 1 aromatic carbocycles. The Morgan fingerprint density at radius 1 is 1.15 bits per heavy atom. The number of thiazole rings is 1. The number of nitrogens with zero attached hydrogens (tertiary/aromatic N) is 3. The zero-order valence-corrected chi connectivity index (χ0v) is 17.0. The molecule has 4 aromatic rings. The second kappa shape index (κ2) is 7.32. The molecule has 0 aliphatic heterocycles. The Labute approximate surface area is 168 Å². The Balaban J connectivity index is 1.57. The molecule has 4 nitrogen and oxygen atoms in total. The number of imidazole rings is 1. The van der Waals surface area contributed by atoms with Gasteiger partial charge in [-0.3, -0.25) is 4.40 Å². The van der Waals surface area contributed by atoms with Crippen molar-refractivity contribution in [3.05, 3.63) is 68.1 Å². The molecule has 0 fully saturated rings. The van der Waals surface area contributed by atoms with E-state index in [4.69, 9.17) is 4.98 Å². The first-order chi connectivity index (χ1) is 12.6. The lowest BCUT2D eigenvalue weighted by molar-refractivity contribution is 0.628. The maximum Gasteiger partial charge on any atom is 0.138 e. The van der Waals surface area contributed by atoms with Crippen molar-refractivity contribution in [3.63, 3.8) is 0 Å². The molecule has 0 aliphatic rings. The zero-order chi connectivity index (χ0) is 18.1. The van der Waals surface area contributed by atoms with Crippen molar-refractivity contribution >= 4 is 45.4 Å². The monoisotopic (exact) mass is 478 g/mol. The van der Waals surface area contributed by atoms with Crippen molar-refractivity contribution in [1.29, 1.82) is 0 Å². The molecular weight excluding hydrogens is 462 g/mol. The number of hydrogen-bond donors (Lipinski definition) is 1. The molecule has 0 radical (unpaired) electrons. The van der Waals surface area contributed by atoms with Gasteiger partial charge in [0.25, 0.3) is 0 Å². The van der Waals surface area contributed by atoms with Gasteiger partial charge in [0.1, 0.15) is 22.3 Å². The second-order valence-electron chi connectivity index (χ2n) is 5.82. The summed E-state index contributed by atoms with van der Waals surface area (Å²) in [4.78, 5) is 9.36. The largest absolute Gasteiger partial charge is 0.363 e. The zero-order valence-electron chi connectivity index (χ0n) is 14.0. The van der Waals surface area contributed by atoms with Gasteiger partial charge in [-0.05, 0) is 65.4 Å². The molecule has 7 heteroatoms. The van der Waals surface area contributed by atoms with Crippen LogP contribution in [0.1, 0.15) is 17.6 Å². The topological polar surface area (TPSA) is 42.2 Å². The fourth-order valence-electron chi connectivity index (χ4n) is 2.81. The van der Waals surface area contributed by atoms with Crippen LogP contribution in [0, 0.1) is 9.39 Å². The van der Waals surface area contributed by atoms with Crippen LogP contribution in [0.2, 0.25) is 0 Å². The van der Waals surface area contributed by atoms with Crippen LogP contribution in [0.15, 0.2) is 48.0 Å². The van der Waals surface area contributed by atoms with E-state index in [0.717, 1.165) is 43.4 Å². The second-order valence-corrected chi connectivity index (χ2v) is 8.01. The number of aromatic nitrogens is 3. The number of halogens is 2. The number of benzene rings is 1. The number of fused-ring (bicyclic) bond motifs is 1. The van der Waals surface area contributed by atoms with Crippen molar-refractivity contribution in [3.8, 4) is 11.3 Å². The van der Waals surface area contributed by atoms with Gasteiger partial charge in [0.15, 0.2) is 0 Å². The number of pyridine rings is 1. The third kappa shape index (κ3) is 3.45. The van der Waals surface area contributed by atoms with Crippen molar-refractivity contribution in [1.82, 2.24) is 14.4 Å². The molecule has 3 aromatic heterocycles. The molecule has 3 heterocycles. The first-order valence-corrected chi connectivity index (χ1v) is 10.2. The lowest BCUT2D eigenvalue weighted by Gasteiger charge is -2.06. The van der Waals surface area contributed by atoms with E-state index in [9.17, 15) is 4.39 Å². The van der Waals surface area contributed by atoms with Gasteiger partial charge in [0, 0.05) is 20.7 Å². The first kappa shape index (κ1) is 17.4. The highest BCUT2D eigenvalue weighted by Crippen LogP contribution is 2.24.